The molecule has 6 heteroatoms. The number of anilines is 1. The number of hydrogen-bond donors (Lipinski definition) is 2. The first-order chi connectivity index (χ1) is 12.0. The summed E-state index contributed by atoms with van der Waals surface area (Å²) >= 11 is 5.98. The third-order valence-corrected chi connectivity index (χ3v) is 4.22. The number of nitrogens with zero attached hydrogens (tertiary/aromatic N) is 2. The summed E-state index contributed by atoms with van der Waals surface area (Å²) < 4.78 is 0. The Hall–Kier alpha value is -2.66. The Labute approximate surface area is 150 Å². The lowest BCUT2D eigenvalue weighted by Gasteiger charge is -2.21. The molecule has 2 N–H and O–H groups in total. The van der Waals surface area contributed by atoms with Gasteiger partial charge in [-0.15, -0.1) is 0 Å². The van der Waals surface area contributed by atoms with Crippen LogP contribution in [0.4, 0.5) is 5.82 Å². The van der Waals surface area contributed by atoms with Crippen molar-refractivity contribution < 1.29 is 9.90 Å². The first-order valence-electron chi connectivity index (χ1n) is 7.97. The lowest BCUT2D eigenvalue weighted by atomic mass is 10.0. The number of aliphatic carboxylic acids is 1. The minimum atomic E-state index is -0.917. The fraction of sp³-hybridized carbons (Fsp3) is 0.211. The number of hydrogen-bond acceptors (Lipinski definition) is 4. The molecular formula is C19H18ClN3O2. The van der Waals surface area contributed by atoms with Gasteiger partial charge in [-0.25, -0.2) is 14.8 Å². The van der Waals surface area contributed by atoms with E-state index in [1.165, 1.54) is 0 Å². The number of halogens is 1. The van der Waals surface area contributed by atoms with E-state index in [0.717, 1.165) is 16.5 Å². The molecule has 0 aliphatic heterocycles. The fourth-order valence-electron chi connectivity index (χ4n) is 2.63. The van der Waals surface area contributed by atoms with Crippen LogP contribution in [0.15, 0.2) is 48.7 Å². The highest BCUT2D eigenvalue weighted by Crippen LogP contribution is 2.31. The molecule has 0 saturated heterocycles. The number of carboxylic acid groups (broad SMARTS) is 1. The monoisotopic (exact) mass is 355 g/mol. The van der Waals surface area contributed by atoms with Crippen LogP contribution in [0.25, 0.3) is 22.2 Å². The van der Waals surface area contributed by atoms with Crippen molar-refractivity contribution in [2.24, 2.45) is 5.92 Å². The maximum absolute atomic E-state index is 11.6. The number of carboxylic acids is 1. The summed E-state index contributed by atoms with van der Waals surface area (Å²) in [6, 6.07) is 12.3. The maximum Gasteiger partial charge on any atom is 0.326 e. The Morgan fingerprint density at radius 3 is 2.56 bits per heavy atom. The molecule has 5 nitrogen and oxygen atoms in total. The average molecular weight is 356 g/mol. The van der Waals surface area contributed by atoms with E-state index in [-0.39, 0.29) is 5.92 Å². The largest absolute Gasteiger partial charge is 0.480 e. The standard InChI is InChI=1S/C19H18ClN3O2/c1-11(2)16(19(24)25)22-18-15(12-5-7-14(20)8-6-12)10-13-4-3-9-21-17(13)23-18/h3-11,16H,1-2H3,(H,24,25)(H,21,22,23). The van der Waals surface area contributed by atoms with Crippen molar-refractivity contribution in [3.63, 3.8) is 0 Å². The van der Waals surface area contributed by atoms with Crippen molar-refractivity contribution in [1.29, 1.82) is 0 Å². The number of fused-ring (bicyclic) bond motifs is 1. The second-order valence-corrected chi connectivity index (χ2v) is 6.58. The molecule has 2 aromatic heterocycles. The molecule has 128 valence electrons. The molecular weight excluding hydrogens is 338 g/mol. The van der Waals surface area contributed by atoms with Gasteiger partial charge >= 0.3 is 5.97 Å². The topological polar surface area (TPSA) is 75.1 Å². The maximum atomic E-state index is 11.6. The van der Waals surface area contributed by atoms with Crippen molar-refractivity contribution in [2.45, 2.75) is 19.9 Å². The summed E-state index contributed by atoms with van der Waals surface area (Å²) in [5.41, 5.74) is 2.28. The van der Waals surface area contributed by atoms with Gasteiger partial charge in [-0.2, -0.15) is 0 Å². The van der Waals surface area contributed by atoms with Gasteiger partial charge in [-0.3, -0.25) is 0 Å². The second kappa shape index (κ2) is 7.07. The Balaban J connectivity index is 2.15. The normalized spacial score (nSPS) is 12.3. The number of carbonyl (C=O) groups is 1. The third-order valence-electron chi connectivity index (χ3n) is 3.97. The van der Waals surface area contributed by atoms with Gasteiger partial charge in [0.1, 0.15) is 11.9 Å². The molecule has 0 spiro atoms. The third kappa shape index (κ3) is 3.72. The van der Waals surface area contributed by atoms with E-state index < -0.39 is 12.0 Å². The second-order valence-electron chi connectivity index (χ2n) is 6.15. The molecule has 0 saturated carbocycles. The van der Waals surface area contributed by atoms with Crippen molar-refractivity contribution >= 4 is 34.4 Å². The van der Waals surface area contributed by atoms with Crippen LogP contribution < -0.4 is 5.32 Å². The zero-order valence-corrected chi connectivity index (χ0v) is 14.7. The fourth-order valence-corrected chi connectivity index (χ4v) is 2.75. The lowest BCUT2D eigenvalue weighted by Crippen LogP contribution is -2.34. The van der Waals surface area contributed by atoms with Gasteiger partial charge in [0.05, 0.1) is 0 Å². The zero-order chi connectivity index (χ0) is 18.0. The van der Waals surface area contributed by atoms with Crippen molar-refractivity contribution in [3.05, 3.63) is 53.7 Å². The Morgan fingerprint density at radius 1 is 1.20 bits per heavy atom. The number of nitrogens with one attached hydrogen (secondary N) is 1. The molecule has 1 atom stereocenters. The van der Waals surface area contributed by atoms with E-state index in [4.69, 9.17) is 11.6 Å². The minimum absolute atomic E-state index is 0.100. The van der Waals surface area contributed by atoms with E-state index >= 15 is 0 Å². The van der Waals surface area contributed by atoms with E-state index in [9.17, 15) is 9.90 Å². The SMILES string of the molecule is CC(C)C(Nc1nc2ncccc2cc1-c1ccc(Cl)cc1)C(=O)O. The Kier molecular flexibility index (Phi) is 4.86. The summed E-state index contributed by atoms with van der Waals surface area (Å²) in [5, 5.41) is 14.1. The lowest BCUT2D eigenvalue weighted by molar-refractivity contribution is -0.138. The number of pyridine rings is 2. The quantitative estimate of drug-likeness (QED) is 0.706. The van der Waals surface area contributed by atoms with E-state index in [1.807, 2.05) is 44.2 Å². The van der Waals surface area contributed by atoms with Crippen LogP contribution >= 0.6 is 11.6 Å². The molecule has 25 heavy (non-hydrogen) atoms. The first kappa shape index (κ1) is 17.2. The molecule has 3 aromatic rings. The molecule has 3 rings (SSSR count). The molecule has 0 fully saturated rings. The molecule has 0 aliphatic carbocycles. The van der Waals surface area contributed by atoms with E-state index in [2.05, 4.69) is 15.3 Å². The predicted molar refractivity (Wildman–Crippen MR) is 99.9 cm³/mol. The van der Waals surface area contributed by atoms with E-state index in [1.54, 1.807) is 18.3 Å². The Bertz CT molecular complexity index is 910. The molecule has 1 aromatic carbocycles. The van der Waals surface area contributed by atoms with Gasteiger partial charge in [0.2, 0.25) is 0 Å². The minimum Gasteiger partial charge on any atom is -0.480 e. The smallest absolute Gasteiger partial charge is 0.326 e. The highest BCUT2D eigenvalue weighted by atomic mass is 35.5. The summed E-state index contributed by atoms with van der Waals surface area (Å²) in [7, 11) is 0. The highest BCUT2D eigenvalue weighted by molar-refractivity contribution is 6.30. The summed E-state index contributed by atoms with van der Waals surface area (Å²) in [6.07, 6.45) is 1.66. The molecule has 0 aliphatic rings. The van der Waals surface area contributed by atoms with Gasteiger partial charge in [-0.05, 0) is 41.8 Å². The van der Waals surface area contributed by atoms with Crippen LogP contribution in [0.3, 0.4) is 0 Å². The van der Waals surface area contributed by atoms with Crippen LogP contribution in [0, 0.1) is 5.92 Å². The number of benzene rings is 1. The van der Waals surface area contributed by atoms with Gasteiger partial charge in [0, 0.05) is 22.2 Å². The van der Waals surface area contributed by atoms with Crippen molar-refractivity contribution in [3.8, 4) is 11.1 Å². The van der Waals surface area contributed by atoms with Gasteiger partial charge in [0.25, 0.3) is 0 Å². The molecule has 1 unspecified atom stereocenters. The van der Waals surface area contributed by atoms with Gasteiger partial charge < -0.3 is 10.4 Å². The molecule has 0 radical (unpaired) electrons. The van der Waals surface area contributed by atoms with Crippen LogP contribution in [0.5, 0.6) is 0 Å². The molecule has 0 amide bonds. The zero-order valence-electron chi connectivity index (χ0n) is 13.9. The van der Waals surface area contributed by atoms with Crippen LogP contribution in [0.1, 0.15) is 13.8 Å². The molecule has 2 heterocycles. The summed E-state index contributed by atoms with van der Waals surface area (Å²) in [5.74, 6) is -0.522. The van der Waals surface area contributed by atoms with E-state index in [0.29, 0.717) is 16.5 Å². The number of aromatic nitrogens is 2. The highest BCUT2D eigenvalue weighted by Gasteiger charge is 2.23. The van der Waals surface area contributed by atoms with Crippen LogP contribution in [0.2, 0.25) is 5.02 Å². The van der Waals surface area contributed by atoms with Crippen molar-refractivity contribution in [2.75, 3.05) is 5.32 Å². The van der Waals surface area contributed by atoms with Crippen LogP contribution in [-0.4, -0.2) is 27.1 Å². The predicted octanol–water partition coefficient (Wildman–Crippen LogP) is 4.47. The van der Waals surface area contributed by atoms with Crippen molar-refractivity contribution in [1.82, 2.24) is 9.97 Å². The average Bonchev–Trinajstić information content (AvgIpc) is 2.59. The summed E-state index contributed by atoms with van der Waals surface area (Å²) in [4.78, 5) is 20.4. The summed E-state index contributed by atoms with van der Waals surface area (Å²) in [6.45, 7) is 3.71. The van der Waals surface area contributed by atoms with Gasteiger partial charge in [-0.1, -0.05) is 37.6 Å². The van der Waals surface area contributed by atoms with Crippen LogP contribution in [-0.2, 0) is 4.79 Å². The number of rotatable bonds is 5. The van der Waals surface area contributed by atoms with Gasteiger partial charge in [0.15, 0.2) is 5.65 Å². The molecule has 0 bridgehead atoms. The first-order valence-corrected chi connectivity index (χ1v) is 8.34. The Morgan fingerprint density at radius 2 is 1.92 bits per heavy atom.